The van der Waals surface area contributed by atoms with Crippen LogP contribution in [0.4, 0.5) is 0 Å². The van der Waals surface area contributed by atoms with Crippen molar-refractivity contribution in [3.05, 3.63) is 12.2 Å². The van der Waals surface area contributed by atoms with E-state index in [0.29, 0.717) is 13.1 Å². The normalized spacial score (nSPS) is 25.9. The number of allylic oxidation sites excluding steroid dienone is 2. The van der Waals surface area contributed by atoms with Crippen LogP contribution in [0.5, 0.6) is 0 Å². The zero-order valence-corrected chi connectivity index (χ0v) is 10.1. The van der Waals surface area contributed by atoms with Crippen molar-refractivity contribution in [1.29, 1.82) is 0 Å². The smallest absolute Gasteiger partial charge is 0.226 e. The van der Waals surface area contributed by atoms with Crippen molar-refractivity contribution in [2.75, 3.05) is 13.1 Å². The highest BCUT2D eigenvalue weighted by molar-refractivity contribution is 5.80. The summed E-state index contributed by atoms with van der Waals surface area (Å²) in [6.07, 6.45) is 8.53. The number of hydrogen-bond acceptors (Lipinski definition) is 2. The summed E-state index contributed by atoms with van der Waals surface area (Å²) >= 11 is 0. The molecule has 0 saturated carbocycles. The van der Waals surface area contributed by atoms with Crippen LogP contribution in [0.2, 0.25) is 0 Å². The third-order valence-corrected chi connectivity index (χ3v) is 3.83. The molecule has 1 aliphatic heterocycles. The second-order valence-corrected chi connectivity index (χ2v) is 4.98. The molecule has 0 aromatic rings. The highest BCUT2D eigenvalue weighted by atomic mass is 16.2. The molecule has 1 atom stereocenters. The van der Waals surface area contributed by atoms with Crippen LogP contribution in [0, 0.1) is 11.8 Å². The predicted octanol–water partition coefficient (Wildman–Crippen LogP) is 1.07. The molecule has 1 fully saturated rings. The average Bonchev–Trinajstić information content (AvgIpc) is 2.39. The van der Waals surface area contributed by atoms with Gasteiger partial charge in [0.15, 0.2) is 0 Å². The van der Waals surface area contributed by atoms with E-state index in [-0.39, 0.29) is 23.7 Å². The van der Waals surface area contributed by atoms with Crippen LogP contribution in [0.15, 0.2) is 12.2 Å². The molecule has 0 aromatic heterocycles. The molecule has 17 heavy (non-hydrogen) atoms. The maximum atomic E-state index is 12.2. The van der Waals surface area contributed by atoms with Gasteiger partial charge in [0.1, 0.15) is 0 Å². The van der Waals surface area contributed by atoms with E-state index in [4.69, 9.17) is 5.73 Å². The number of amides is 2. The molecule has 2 amide bonds. The minimum atomic E-state index is -0.224. The molecule has 1 aliphatic carbocycles. The van der Waals surface area contributed by atoms with E-state index in [2.05, 4.69) is 12.2 Å². The SMILES string of the molecule is NC(=O)C1CCN(C(=O)[C@@H]2CC=CCC2)CC1. The minimum Gasteiger partial charge on any atom is -0.369 e. The van der Waals surface area contributed by atoms with E-state index < -0.39 is 0 Å². The Balaban J connectivity index is 1.85. The molecule has 0 radical (unpaired) electrons. The summed E-state index contributed by atoms with van der Waals surface area (Å²) in [7, 11) is 0. The Labute approximate surface area is 102 Å². The zero-order chi connectivity index (χ0) is 12.3. The molecular weight excluding hydrogens is 216 g/mol. The van der Waals surface area contributed by atoms with Gasteiger partial charge in [0.25, 0.3) is 0 Å². The Hall–Kier alpha value is -1.32. The summed E-state index contributed by atoms with van der Waals surface area (Å²) in [6.45, 7) is 1.37. The fourth-order valence-corrected chi connectivity index (χ4v) is 2.66. The van der Waals surface area contributed by atoms with Crippen molar-refractivity contribution in [1.82, 2.24) is 4.90 Å². The summed E-state index contributed by atoms with van der Waals surface area (Å²) in [4.78, 5) is 25.2. The Morgan fingerprint density at radius 1 is 1.06 bits per heavy atom. The second-order valence-electron chi connectivity index (χ2n) is 4.98. The van der Waals surface area contributed by atoms with E-state index in [1.54, 1.807) is 0 Å². The molecule has 4 heteroatoms. The average molecular weight is 236 g/mol. The molecule has 0 aromatic carbocycles. The second kappa shape index (κ2) is 5.34. The van der Waals surface area contributed by atoms with Gasteiger partial charge in [0.2, 0.25) is 11.8 Å². The van der Waals surface area contributed by atoms with E-state index in [1.807, 2.05) is 4.90 Å². The zero-order valence-electron chi connectivity index (χ0n) is 10.1. The van der Waals surface area contributed by atoms with Gasteiger partial charge >= 0.3 is 0 Å². The van der Waals surface area contributed by atoms with Crippen molar-refractivity contribution < 1.29 is 9.59 Å². The Kier molecular flexibility index (Phi) is 3.82. The number of nitrogens with two attached hydrogens (primary N) is 1. The highest BCUT2D eigenvalue weighted by Crippen LogP contribution is 2.24. The van der Waals surface area contributed by atoms with Crippen molar-refractivity contribution >= 4 is 11.8 Å². The molecule has 1 heterocycles. The lowest BCUT2D eigenvalue weighted by Crippen LogP contribution is -2.44. The first-order valence-electron chi connectivity index (χ1n) is 6.41. The van der Waals surface area contributed by atoms with Gasteiger partial charge in [-0.2, -0.15) is 0 Å². The maximum Gasteiger partial charge on any atom is 0.226 e. The summed E-state index contributed by atoms with van der Waals surface area (Å²) < 4.78 is 0. The summed E-state index contributed by atoms with van der Waals surface area (Å²) in [5.74, 6) is 0.158. The van der Waals surface area contributed by atoms with E-state index >= 15 is 0 Å². The molecule has 2 N–H and O–H groups in total. The largest absolute Gasteiger partial charge is 0.369 e. The predicted molar refractivity (Wildman–Crippen MR) is 65.0 cm³/mol. The third kappa shape index (κ3) is 2.87. The van der Waals surface area contributed by atoms with Crippen molar-refractivity contribution in [3.63, 3.8) is 0 Å². The van der Waals surface area contributed by atoms with Crippen LogP contribution in [0.1, 0.15) is 32.1 Å². The fourth-order valence-electron chi connectivity index (χ4n) is 2.66. The molecule has 4 nitrogen and oxygen atoms in total. The van der Waals surface area contributed by atoms with Crippen molar-refractivity contribution in [3.8, 4) is 0 Å². The van der Waals surface area contributed by atoms with E-state index in [0.717, 1.165) is 32.1 Å². The Morgan fingerprint density at radius 3 is 2.29 bits per heavy atom. The van der Waals surface area contributed by atoms with Gasteiger partial charge in [-0.3, -0.25) is 9.59 Å². The van der Waals surface area contributed by atoms with E-state index in [9.17, 15) is 9.59 Å². The van der Waals surface area contributed by atoms with Crippen LogP contribution >= 0.6 is 0 Å². The van der Waals surface area contributed by atoms with Crippen molar-refractivity contribution in [2.45, 2.75) is 32.1 Å². The first-order chi connectivity index (χ1) is 8.18. The summed E-state index contributed by atoms with van der Waals surface area (Å²) in [5, 5.41) is 0. The monoisotopic (exact) mass is 236 g/mol. The number of hydrogen-bond donors (Lipinski definition) is 1. The molecule has 2 rings (SSSR count). The summed E-state index contributed by atoms with van der Waals surface area (Å²) in [5.41, 5.74) is 5.28. The summed E-state index contributed by atoms with van der Waals surface area (Å²) in [6, 6.07) is 0. The molecule has 1 saturated heterocycles. The Morgan fingerprint density at radius 2 is 1.76 bits per heavy atom. The lowest BCUT2D eigenvalue weighted by atomic mass is 9.90. The fraction of sp³-hybridized carbons (Fsp3) is 0.692. The molecule has 0 unspecified atom stereocenters. The van der Waals surface area contributed by atoms with Gasteiger partial charge in [0.05, 0.1) is 0 Å². The quantitative estimate of drug-likeness (QED) is 0.729. The van der Waals surface area contributed by atoms with Gasteiger partial charge in [-0.15, -0.1) is 0 Å². The van der Waals surface area contributed by atoms with Gasteiger partial charge in [-0.05, 0) is 32.1 Å². The van der Waals surface area contributed by atoms with Gasteiger partial charge in [-0.25, -0.2) is 0 Å². The lowest BCUT2D eigenvalue weighted by Gasteiger charge is -2.33. The van der Waals surface area contributed by atoms with E-state index in [1.165, 1.54) is 0 Å². The number of carbonyl (C=O) groups excluding carboxylic acids is 2. The number of nitrogens with zero attached hydrogens (tertiary/aromatic N) is 1. The highest BCUT2D eigenvalue weighted by Gasteiger charge is 2.29. The van der Waals surface area contributed by atoms with Crippen molar-refractivity contribution in [2.24, 2.45) is 17.6 Å². The van der Waals surface area contributed by atoms with Gasteiger partial charge < -0.3 is 10.6 Å². The van der Waals surface area contributed by atoms with Gasteiger partial charge in [0, 0.05) is 24.9 Å². The first-order valence-corrected chi connectivity index (χ1v) is 6.41. The number of piperidine rings is 1. The Bertz CT molecular complexity index is 330. The molecule has 0 spiro atoms. The topological polar surface area (TPSA) is 63.4 Å². The molecule has 94 valence electrons. The number of rotatable bonds is 2. The van der Waals surface area contributed by atoms with Crippen LogP contribution in [0.3, 0.4) is 0 Å². The maximum absolute atomic E-state index is 12.2. The number of likely N-dealkylation sites (tertiary alicyclic amines) is 1. The third-order valence-electron chi connectivity index (χ3n) is 3.83. The molecule has 0 bridgehead atoms. The van der Waals surface area contributed by atoms with Crippen LogP contribution in [0.25, 0.3) is 0 Å². The minimum absolute atomic E-state index is 0.0368. The first kappa shape index (κ1) is 12.1. The standard InChI is InChI=1S/C13H20N2O2/c14-12(16)10-6-8-15(9-7-10)13(17)11-4-2-1-3-5-11/h1-2,10-11H,3-9H2,(H2,14,16)/t11-/m1/s1. The van der Waals surface area contributed by atoms with Crippen LogP contribution in [-0.2, 0) is 9.59 Å². The van der Waals surface area contributed by atoms with Crippen LogP contribution in [-0.4, -0.2) is 29.8 Å². The molecular formula is C13H20N2O2. The lowest BCUT2D eigenvalue weighted by molar-refractivity contribution is -0.138. The molecule has 2 aliphatic rings. The number of primary amides is 1. The number of carbonyl (C=O) groups is 2. The van der Waals surface area contributed by atoms with Crippen LogP contribution < -0.4 is 5.73 Å². The van der Waals surface area contributed by atoms with Gasteiger partial charge in [-0.1, -0.05) is 12.2 Å².